The van der Waals surface area contributed by atoms with E-state index in [9.17, 15) is 14.4 Å². The number of methoxy groups -OCH3 is 1. The molecule has 0 saturated heterocycles. The Morgan fingerprint density at radius 2 is 1.75 bits per heavy atom. The molecule has 0 fully saturated rings. The van der Waals surface area contributed by atoms with Gasteiger partial charge in [0.1, 0.15) is 16.5 Å². The number of carbonyl (C=O) groups excluding carboxylic acids is 3. The van der Waals surface area contributed by atoms with Crippen LogP contribution >= 0.6 is 11.3 Å². The molecular weight excluding hydrogens is 382 g/mol. The quantitative estimate of drug-likeness (QED) is 0.530. The fourth-order valence-electron chi connectivity index (χ4n) is 2.51. The lowest BCUT2D eigenvalue weighted by atomic mass is 10.1. The first-order valence-corrected chi connectivity index (χ1v) is 9.53. The third-order valence-corrected chi connectivity index (χ3v) is 5.23. The number of esters is 1. The number of rotatable bonds is 8. The first-order valence-electron chi connectivity index (χ1n) is 8.71. The number of benzene rings is 1. The number of ketones is 1. The maximum Gasteiger partial charge on any atom is 0.341 e. The molecule has 8 heteroatoms. The Morgan fingerprint density at radius 3 is 2.29 bits per heavy atom. The Hall–Kier alpha value is -2.87. The number of amides is 1. The second-order valence-corrected chi connectivity index (χ2v) is 6.98. The third-order valence-electron chi connectivity index (χ3n) is 3.92. The minimum absolute atomic E-state index is 0.184. The molecule has 7 nitrogen and oxygen atoms in total. The summed E-state index contributed by atoms with van der Waals surface area (Å²) in [5.41, 5.74) is 0.692. The molecule has 0 radical (unpaired) electrons. The molecule has 0 aliphatic rings. The van der Waals surface area contributed by atoms with Crippen LogP contribution in [0.15, 0.2) is 24.3 Å². The normalized spacial score (nSPS) is 11.5. The van der Waals surface area contributed by atoms with E-state index < -0.39 is 18.0 Å². The number of thiophene rings is 1. The van der Waals surface area contributed by atoms with Gasteiger partial charge in [-0.3, -0.25) is 9.59 Å². The van der Waals surface area contributed by atoms with Crippen molar-refractivity contribution in [2.24, 2.45) is 0 Å². The second kappa shape index (κ2) is 9.36. The maximum absolute atomic E-state index is 12.6. The van der Waals surface area contributed by atoms with E-state index in [1.165, 1.54) is 6.92 Å². The van der Waals surface area contributed by atoms with Gasteiger partial charge in [-0.1, -0.05) is 0 Å². The molecule has 0 saturated carbocycles. The highest BCUT2D eigenvalue weighted by atomic mass is 32.1. The van der Waals surface area contributed by atoms with Gasteiger partial charge in [-0.15, -0.1) is 11.3 Å². The van der Waals surface area contributed by atoms with E-state index >= 15 is 0 Å². The lowest BCUT2D eigenvalue weighted by Crippen LogP contribution is -2.30. The predicted octanol–water partition coefficient (Wildman–Crippen LogP) is 3.85. The van der Waals surface area contributed by atoms with Crippen LogP contribution in [0.25, 0.3) is 0 Å². The molecule has 1 aromatic heterocycles. The van der Waals surface area contributed by atoms with Gasteiger partial charge in [0, 0.05) is 0 Å². The van der Waals surface area contributed by atoms with Crippen LogP contribution in [0.5, 0.6) is 11.5 Å². The number of nitrogens with one attached hydrogen (secondary N) is 1. The van der Waals surface area contributed by atoms with E-state index in [0.717, 1.165) is 11.3 Å². The average Bonchev–Trinajstić information content (AvgIpc) is 2.98. The van der Waals surface area contributed by atoms with E-state index in [-0.39, 0.29) is 23.0 Å². The van der Waals surface area contributed by atoms with Crippen molar-refractivity contribution < 1.29 is 28.6 Å². The summed E-state index contributed by atoms with van der Waals surface area (Å²) in [7, 11) is 1.56. The highest BCUT2D eigenvalue weighted by molar-refractivity contribution is 7.18. The largest absolute Gasteiger partial charge is 0.497 e. The Kier molecular flexibility index (Phi) is 7.17. The van der Waals surface area contributed by atoms with Gasteiger partial charge in [0.25, 0.3) is 5.91 Å². The van der Waals surface area contributed by atoms with Crippen molar-refractivity contribution in [2.45, 2.75) is 33.8 Å². The summed E-state index contributed by atoms with van der Waals surface area (Å²) < 4.78 is 15.8. The van der Waals surface area contributed by atoms with Crippen LogP contribution in [0.4, 0.5) is 5.00 Å². The monoisotopic (exact) mass is 405 g/mol. The van der Waals surface area contributed by atoms with Crippen LogP contribution in [0.3, 0.4) is 0 Å². The van der Waals surface area contributed by atoms with Crippen molar-refractivity contribution in [3.8, 4) is 11.5 Å². The van der Waals surface area contributed by atoms with Crippen molar-refractivity contribution in [2.75, 3.05) is 19.0 Å². The topological polar surface area (TPSA) is 90.9 Å². The van der Waals surface area contributed by atoms with Gasteiger partial charge in [-0.2, -0.15) is 0 Å². The Labute approximate surface area is 167 Å². The molecular formula is C20H23NO6S. The van der Waals surface area contributed by atoms with Gasteiger partial charge in [0.05, 0.1) is 24.2 Å². The van der Waals surface area contributed by atoms with Crippen molar-refractivity contribution in [3.05, 3.63) is 40.3 Å². The van der Waals surface area contributed by atoms with Crippen LogP contribution in [-0.2, 0) is 9.53 Å². The summed E-state index contributed by atoms with van der Waals surface area (Å²) in [6, 6.07) is 6.83. The number of anilines is 1. The fourth-order valence-corrected chi connectivity index (χ4v) is 3.61. The zero-order valence-corrected chi connectivity index (χ0v) is 17.3. The van der Waals surface area contributed by atoms with Crippen molar-refractivity contribution >= 4 is 34.0 Å². The molecule has 1 aromatic carbocycles. The summed E-state index contributed by atoms with van der Waals surface area (Å²) >= 11 is 1.05. The number of ether oxygens (including phenoxy) is 3. The van der Waals surface area contributed by atoms with Gasteiger partial charge in [-0.05, 0) is 57.5 Å². The van der Waals surface area contributed by atoms with E-state index in [0.29, 0.717) is 21.9 Å². The Bertz CT molecular complexity index is 872. The van der Waals surface area contributed by atoms with Crippen molar-refractivity contribution in [1.29, 1.82) is 0 Å². The molecule has 0 spiro atoms. The van der Waals surface area contributed by atoms with Gasteiger partial charge >= 0.3 is 5.97 Å². The summed E-state index contributed by atoms with van der Waals surface area (Å²) in [4.78, 5) is 37.1. The summed E-state index contributed by atoms with van der Waals surface area (Å²) in [6.07, 6.45) is -0.827. The zero-order chi connectivity index (χ0) is 20.8. The molecule has 2 aromatic rings. The Morgan fingerprint density at radius 1 is 1.14 bits per heavy atom. The molecule has 1 amide bonds. The number of hydrogen-bond donors (Lipinski definition) is 1. The van der Waals surface area contributed by atoms with Crippen LogP contribution < -0.4 is 14.8 Å². The molecule has 2 rings (SSSR count). The average molecular weight is 405 g/mol. The maximum atomic E-state index is 12.6. The minimum atomic E-state index is -0.827. The molecule has 0 aliphatic carbocycles. The van der Waals surface area contributed by atoms with Crippen molar-refractivity contribution in [1.82, 2.24) is 0 Å². The van der Waals surface area contributed by atoms with Crippen molar-refractivity contribution in [3.63, 3.8) is 0 Å². The minimum Gasteiger partial charge on any atom is -0.497 e. The SMILES string of the molecule is CCOC(=O)c1c(NC(=O)[C@H](C)Oc2ccc(OC)cc2)sc(C(C)=O)c1C. The second-order valence-electron chi connectivity index (χ2n) is 5.96. The van der Waals surface area contributed by atoms with Crippen LogP contribution in [-0.4, -0.2) is 37.5 Å². The van der Waals surface area contributed by atoms with E-state index in [2.05, 4.69) is 5.32 Å². The first kappa shape index (κ1) is 21.4. The third kappa shape index (κ3) is 4.89. The first-order chi connectivity index (χ1) is 13.3. The smallest absolute Gasteiger partial charge is 0.341 e. The molecule has 0 aliphatic heterocycles. The highest BCUT2D eigenvalue weighted by Gasteiger charge is 2.26. The molecule has 0 unspecified atom stereocenters. The molecule has 150 valence electrons. The van der Waals surface area contributed by atoms with Gasteiger partial charge in [0.2, 0.25) is 0 Å². The van der Waals surface area contributed by atoms with Gasteiger partial charge in [-0.25, -0.2) is 4.79 Å². The number of carbonyl (C=O) groups is 3. The summed E-state index contributed by atoms with van der Waals surface area (Å²) in [5, 5.41) is 2.96. The molecule has 1 heterocycles. The van der Waals surface area contributed by atoms with Crippen LogP contribution in [0.2, 0.25) is 0 Å². The van der Waals surface area contributed by atoms with E-state index in [1.807, 2.05) is 0 Å². The van der Waals surface area contributed by atoms with Gasteiger partial charge in [0.15, 0.2) is 11.9 Å². The number of Topliss-reactive ketones (excluding diaryl/α,β-unsaturated/α-hetero) is 1. The van der Waals surface area contributed by atoms with E-state index in [4.69, 9.17) is 14.2 Å². The van der Waals surface area contributed by atoms with E-state index in [1.54, 1.807) is 52.1 Å². The molecule has 28 heavy (non-hydrogen) atoms. The molecule has 0 bridgehead atoms. The fraction of sp³-hybridized carbons (Fsp3) is 0.350. The lowest BCUT2D eigenvalue weighted by molar-refractivity contribution is -0.122. The summed E-state index contributed by atoms with van der Waals surface area (Å²) in [5.74, 6) is -0.0354. The lowest BCUT2D eigenvalue weighted by Gasteiger charge is -2.15. The highest BCUT2D eigenvalue weighted by Crippen LogP contribution is 2.34. The zero-order valence-electron chi connectivity index (χ0n) is 16.5. The Balaban J connectivity index is 2.20. The van der Waals surface area contributed by atoms with Crippen LogP contribution in [0.1, 0.15) is 46.4 Å². The molecule has 1 atom stereocenters. The standard InChI is InChI=1S/C20H23NO6S/c1-6-26-20(24)16-11(2)17(12(3)22)28-19(16)21-18(23)13(4)27-15-9-7-14(25-5)8-10-15/h7-10,13H,6H2,1-5H3,(H,21,23)/t13-/m0/s1. The van der Waals surface area contributed by atoms with Gasteiger partial charge < -0.3 is 19.5 Å². The number of hydrogen-bond acceptors (Lipinski definition) is 7. The summed E-state index contributed by atoms with van der Waals surface area (Å²) in [6.45, 7) is 6.54. The molecule has 1 N–H and O–H groups in total. The van der Waals surface area contributed by atoms with Crippen LogP contribution in [0, 0.1) is 6.92 Å². The predicted molar refractivity (Wildman–Crippen MR) is 107 cm³/mol.